The van der Waals surface area contributed by atoms with Crippen molar-refractivity contribution in [3.05, 3.63) is 53.2 Å². The molecule has 0 spiro atoms. The Kier molecular flexibility index (Phi) is 4.22. The lowest BCUT2D eigenvalue weighted by Gasteiger charge is -2.31. The SMILES string of the molecule is COc1cc(C2N[C@@H](CO)Cc3c2[nH]c2ccccc32)cc(OC)c1O. The van der Waals surface area contributed by atoms with Crippen LogP contribution >= 0.6 is 0 Å². The number of methoxy groups -OCH3 is 2. The van der Waals surface area contributed by atoms with Gasteiger partial charge in [-0.15, -0.1) is 0 Å². The van der Waals surface area contributed by atoms with E-state index in [-0.39, 0.29) is 24.4 Å². The molecule has 6 nitrogen and oxygen atoms in total. The zero-order chi connectivity index (χ0) is 18.3. The van der Waals surface area contributed by atoms with E-state index in [1.807, 2.05) is 12.1 Å². The van der Waals surface area contributed by atoms with Crippen LogP contribution in [-0.2, 0) is 6.42 Å². The molecule has 0 saturated carbocycles. The lowest BCUT2D eigenvalue weighted by atomic mass is 9.90. The number of aliphatic hydroxyl groups excluding tert-OH is 1. The number of ether oxygens (including phenoxy) is 2. The van der Waals surface area contributed by atoms with Crippen LogP contribution in [0.15, 0.2) is 36.4 Å². The number of aromatic amines is 1. The molecule has 1 unspecified atom stereocenters. The first-order chi connectivity index (χ1) is 12.7. The minimum Gasteiger partial charge on any atom is -0.502 e. The van der Waals surface area contributed by atoms with Crippen molar-refractivity contribution < 1.29 is 19.7 Å². The van der Waals surface area contributed by atoms with E-state index in [0.717, 1.165) is 23.2 Å². The molecule has 4 rings (SSSR count). The summed E-state index contributed by atoms with van der Waals surface area (Å²) in [6.45, 7) is 0.0435. The summed E-state index contributed by atoms with van der Waals surface area (Å²) in [5.41, 5.74) is 4.23. The summed E-state index contributed by atoms with van der Waals surface area (Å²) in [5, 5.41) is 24.6. The molecule has 0 radical (unpaired) electrons. The molecule has 2 heterocycles. The predicted octanol–water partition coefficient (Wildman–Crippen LogP) is 2.49. The van der Waals surface area contributed by atoms with E-state index < -0.39 is 0 Å². The molecule has 0 aliphatic carbocycles. The number of aromatic hydroxyl groups is 1. The maximum Gasteiger partial charge on any atom is 0.200 e. The first-order valence-electron chi connectivity index (χ1n) is 8.57. The molecule has 1 aliphatic heterocycles. The van der Waals surface area contributed by atoms with E-state index in [1.165, 1.54) is 25.2 Å². The van der Waals surface area contributed by atoms with Gasteiger partial charge in [0.05, 0.1) is 26.9 Å². The smallest absolute Gasteiger partial charge is 0.200 e. The van der Waals surface area contributed by atoms with Crippen LogP contribution in [0.5, 0.6) is 17.2 Å². The third kappa shape index (κ3) is 2.58. The molecule has 4 N–H and O–H groups in total. The van der Waals surface area contributed by atoms with E-state index in [0.29, 0.717) is 11.5 Å². The molecule has 136 valence electrons. The van der Waals surface area contributed by atoms with Crippen molar-refractivity contribution in [2.45, 2.75) is 18.5 Å². The van der Waals surface area contributed by atoms with Crippen LogP contribution < -0.4 is 14.8 Å². The van der Waals surface area contributed by atoms with Gasteiger partial charge in [-0.25, -0.2) is 0 Å². The number of phenols is 1. The van der Waals surface area contributed by atoms with E-state index in [4.69, 9.17) is 9.47 Å². The maximum atomic E-state index is 10.2. The van der Waals surface area contributed by atoms with E-state index in [2.05, 4.69) is 22.4 Å². The highest BCUT2D eigenvalue weighted by atomic mass is 16.5. The number of rotatable bonds is 4. The highest BCUT2D eigenvalue weighted by Crippen LogP contribution is 2.42. The molecule has 3 aromatic rings. The highest BCUT2D eigenvalue weighted by Gasteiger charge is 2.31. The Morgan fingerprint density at radius 2 is 1.81 bits per heavy atom. The number of phenolic OH excluding ortho intramolecular Hbond substituents is 1. The second kappa shape index (κ2) is 6.55. The highest BCUT2D eigenvalue weighted by molar-refractivity contribution is 5.85. The number of benzene rings is 2. The second-order valence-corrected chi connectivity index (χ2v) is 6.52. The molecule has 2 aromatic carbocycles. The largest absolute Gasteiger partial charge is 0.502 e. The monoisotopic (exact) mass is 354 g/mol. The third-order valence-corrected chi connectivity index (χ3v) is 5.04. The molecule has 2 atom stereocenters. The minimum atomic E-state index is -0.174. The minimum absolute atomic E-state index is 0.0230. The molecule has 26 heavy (non-hydrogen) atoms. The molecule has 1 aliphatic rings. The number of nitrogens with one attached hydrogen (secondary N) is 2. The van der Waals surface area contributed by atoms with E-state index in [9.17, 15) is 10.2 Å². The predicted molar refractivity (Wildman–Crippen MR) is 99.1 cm³/mol. The van der Waals surface area contributed by atoms with Crippen LogP contribution in [0.3, 0.4) is 0 Å². The zero-order valence-electron chi connectivity index (χ0n) is 14.7. The molecule has 0 saturated heterocycles. The van der Waals surface area contributed by atoms with Crippen LogP contribution in [-0.4, -0.2) is 42.1 Å². The molecule has 0 amide bonds. The third-order valence-electron chi connectivity index (χ3n) is 5.04. The van der Waals surface area contributed by atoms with Gasteiger partial charge in [-0.05, 0) is 35.7 Å². The standard InChI is InChI=1S/C20H22N2O4/c1-25-16-7-11(8-17(26-2)20(16)24)18-19-14(9-12(10-23)21-18)13-5-3-4-6-15(13)22-19/h3-8,12,18,21-24H,9-10H2,1-2H3/t12-,18?/m1/s1. The van der Waals surface area contributed by atoms with Gasteiger partial charge in [-0.1, -0.05) is 18.2 Å². The number of hydrogen-bond acceptors (Lipinski definition) is 5. The number of aromatic nitrogens is 1. The van der Waals surface area contributed by atoms with E-state index in [1.54, 1.807) is 12.1 Å². The summed E-state index contributed by atoms with van der Waals surface area (Å²) in [5.74, 6) is 0.681. The van der Waals surface area contributed by atoms with Crippen molar-refractivity contribution >= 4 is 10.9 Å². The lowest BCUT2D eigenvalue weighted by molar-refractivity contribution is 0.228. The van der Waals surface area contributed by atoms with Crippen LogP contribution in [0.4, 0.5) is 0 Å². The van der Waals surface area contributed by atoms with Crippen molar-refractivity contribution in [1.82, 2.24) is 10.3 Å². The van der Waals surface area contributed by atoms with Gasteiger partial charge in [-0.2, -0.15) is 0 Å². The molecule has 1 aromatic heterocycles. The van der Waals surface area contributed by atoms with Gasteiger partial charge in [0.25, 0.3) is 0 Å². The number of fused-ring (bicyclic) bond motifs is 3. The van der Waals surface area contributed by atoms with Gasteiger partial charge in [0.1, 0.15) is 0 Å². The average molecular weight is 354 g/mol. The molecular weight excluding hydrogens is 332 g/mol. The summed E-state index contributed by atoms with van der Waals surface area (Å²) < 4.78 is 10.6. The van der Waals surface area contributed by atoms with Crippen molar-refractivity contribution in [2.75, 3.05) is 20.8 Å². The fourth-order valence-corrected chi connectivity index (χ4v) is 3.77. The zero-order valence-corrected chi connectivity index (χ0v) is 14.7. The van der Waals surface area contributed by atoms with Crippen molar-refractivity contribution in [3.63, 3.8) is 0 Å². The van der Waals surface area contributed by atoms with Gasteiger partial charge >= 0.3 is 0 Å². The van der Waals surface area contributed by atoms with Gasteiger partial charge in [0.15, 0.2) is 11.5 Å². The Morgan fingerprint density at radius 1 is 1.12 bits per heavy atom. The Labute approximate surface area is 151 Å². The molecule has 6 heteroatoms. The molecule has 0 bridgehead atoms. The van der Waals surface area contributed by atoms with Gasteiger partial charge in [-0.3, -0.25) is 5.32 Å². The summed E-state index contributed by atoms with van der Waals surface area (Å²) in [4.78, 5) is 3.51. The normalized spacial score (nSPS) is 19.3. The number of H-pyrrole nitrogens is 1. The van der Waals surface area contributed by atoms with Crippen LogP contribution in [0, 0.1) is 0 Å². The second-order valence-electron chi connectivity index (χ2n) is 6.52. The van der Waals surface area contributed by atoms with Gasteiger partial charge < -0.3 is 24.7 Å². The summed E-state index contributed by atoms with van der Waals surface area (Å²) >= 11 is 0. The molecular formula is C20H22N2O4. The first kappa shape index (κ1) is 16.8. The summed E-state index contributed by atoms with van der Waals surface area (Å²) in [6.07, 6.45) is 0.749. The summed E-state index contributed by atoms with van der Waals surface area (Å²) in [7, 11) is 3.02. The quantitative estimate of drug-likeness (QED) is 0.578. The first-order valence-corrected chi connectivity index (χ1v) is 8.57. The maximum absolute atomic E-state index is 10.2. The molecule has 0 fully saturated rings. The van der Waals surface area contributed by atoms with E-state index >= 15 is 0 Å². The fraction of sp³-hybridized carbons (Fsp3) is 0.300. The van der Waals surface area contributed by atoms with Crippen molar-refractivity contribution in [3.8, 4) is 17.2 Å². The van der Waals surface area contributed by atoms with Crippen LogP contribution in [0.25, 0.3) is 10.9 Å². The lowest BCUT2D eigenvalue weighted by Crippen LogP contribution is -2.42. The van der Waals surface area contributed by atoms with Gasteiger partial charge in [0.2, 0.25) is 5.75 Å². The number of aliphatic hydroxyl groups is 1. The van der Waals surface area contributed by atoms with Gasteiger partial charge in [0, 0.05) is 22.6 Å². The average Bonchev–Trinajstić information content (AvgIpc) is 3.06. The summed E-state index contributed by atoms with van der Waals surface area (Å²) in [6, 6.07) is 11.5. The Bertz CT molecular complexity index is 925. The van der Waals surface area contributed by atoms with Crippen molar-refractivity contribution in [2.24, 2.45) is 0 Å². The Morgan fingerprint density at radius 3 is 2.46 bits per heavy atom. The van der Waals surface area contributed by atoms with Crippen molar-refractivity contribution in [1.29, 1.82) is 0 Å². The van der Waals surface area contributed by atoms with Crippen LogP contribution in [0.1, 0.15) is 22.9 Å². The topological polar surface area (TPSA) is 86.7 Å². The number of para-hydroxylation sites is 1. The number of hydrogen-bond donors (Lipinski definition) is 4. The Balaban J connectivity index is 1.90. The van der Waals surface area contributed by atoms with Crippen LogP contribution in [0.2, 0.25) is 0 Å². The Hall–Kier alpha value is -2.70. The fourth-order valence-electron chi connectivity index (χ4n) is 3.77.